The average molecular weight is 367 g/mol. The molecule has 0 aliphatic rings. The van der Waals surface area contributed by atoms with Crippen LogP contribution in [0.4, 0.5) is 5.69 Å². The first kappa shape index (κ1) is 18.2. The molecule has 0 aliphatic heterocycles. The molecule has 6 heteroatoms. The van der Waals surface area contributed by atoms with E-state index >= 15 is 0 Å². The van der Waals surface area contributed by atoms with Crippen LogP contribution in [0.25, 0.3) is 10.9 Å². The highest BCUT2D eigenvalue weighted by atomic mass is 32.2. The number of aromatic nitrogens is 2. The van der Waals surface area contributed by atoms with Crippen LogP contribution in [0.1, 0.15) is 19.4 Å². The molecule has 1 amide bonds. The Morgan fingerprint density at radius 3 is 2.73 bits per heavy atom. The Bertz CT molecular complexity index is 1010. The highest BCUT2D eigenvalue weighted by Gasteiger charge is 2.19. The SMILES string of the molecule is CCn1c(S[C@@H](C)C(=O)Nc2cccc(C)c2)nc2ccccc2c1=O. The van der Waals surface area contributed by atoms with E-state index in [1.807, 2.05) is 63.2 Å². The molecule has 0 aliphatic carbocycles. The third-order valence-corrected chi connectivity index (χ3v) is 5.17. The Morgan fingerprint density at radius 2 is 2.00 bits per heavy atom. The largest absolute Gasteiger partial charge is 0.325 e. The summed E-state index contributed by atoms with van der Waals surface area (Å²) in [6.07, 6.45) is 0. The van der Waals surface area contributed by atoms with Gasteiger partial charge in [-0.3, -0.25) is 14.2 Å². The van der Waals surface area contributed by atoms with Gasteiger partial charge in [-0.1, -0.05) is 36.0 Å². The fourth-order valence-electron chi connectivity index (χ4n) is 2.69. The molecule has 0 saturated heterocycles. The molecule has 1 N–H and O–H groups in total. The second kappa shape index (κ2) is 7.74. The van der Waals surface area contributed by atoms with Crippen LogP contribution in [-0.2, 0) is 11.3 Å². The monoisotopic (exact) mass is 367 g/mol. The minimum atomic E-state index is -0.388. The summed E-state index contributed by atoms with van der Waals surface area (Å²) in [6.45, 7) is 6.20. The summed E-state index contributed by atoms with van der Waals surface area (Å²) in [4.78, 5) is 29.8. The van der Waals surface area contributed by atoms with E-state index in [4.69, 9.17) is 0 Å². The van der Waals surface area contributed by atoms with Crippen molar-refractivity contribution in [2.75, 3.05) is 5.32 Å². The first-order valence-electron chi connectivity index (χ1n) is 8.53. The number of carbonyl (C=O) groups is 1. The molecule has 5 nitrogen and oxygen atoms in total. The van der Waals surface area contributed by atoms with Gasteiger partial charge in [0.25, 0.3) is 5.56 Å². The molecule has 1 heterocycles. The third-order valence-electron chi connectivity index (χ3n) is 4.08. The Hall–Kier alpha value is -2.60. The van der Waals surface area contributed by atoms with Gasteiger partial charge in [-0.05, 0) is 50.6 Å². The summed E-state index contributed by atoms with van der Waals surface area (Å²) in [6, 6.07) is 14.9. The molecule has 1 atom stereocenters. The molecule has 0 bridgehead atoms. The molecule has 26 heavy (non-hydrogen) atoms. The number of anilines is 1. The number of hydrogen-bond donors (Lipinski definition) is 1. The fraction of sp³-hybridized carbons (Fsp3) is 0.250. The fourth-order valence-corrected chi connectivity index (χ4v) is 3.67. The topological polar surface area (TPSA) is 64.0 Å². The van der Waals surface area contributed by atoms with Gasteiger partial charge in [0, 0.05) is 12.2 Å². The van der Waals surface area contributed by atoms with E-state index in [9.17, 15) is 9.59 Å². The molecule has 134 valence electrons. The maximum Gasteiger partial charge on any atom is 0.262 e. The summed E-state index contributed by atoms with van der Waals surface area (Å²) >= 11 is 1.30. The second-order valence-electron chi connectivity index (χ2n) is 6.08. The lowest BCUT2D eigenvalue weighted by Crippen LogP contribution is -2.26. The van der Waals surface area contributed by atoms with Crippen LogP contribution in [-0.4, -0.2) is 20.7 Å². The Labute approximate surface area is 156 Å². The maximum absolute atomic E-state index is 12.7. The van der Waals surface area contributed by atoms with Gasteiger partial charge in [0.2, 0.25) is 5.91 Å². The average Bonchev–Trinajstić information content (AvgIpc) is 2.62. The van der Waals surface area contributed by atoms with Crippen LogP contribution in [0, 0.1) is 6.92 Å². The first-order valence-corrected chi connectivity index (χ1v) is 9.41. The highest BCUT2D eigenvalue weighted by molar-refractivity contribution is 8.00. The molecule has 0 spiro atoms. The molecule has 3 rings (SSSR count). The van der Waals surface area contributed by atoms with Crippen LogP contribution in [0.3, 0.4) is 0 Å². The number of thioether (sulfide) groups is 1. The van der Waals surface area contributed by atoms with Crippen molar-refractivity contribution in [1.82, 2.24) is 9.55 Å². The van der Waals surface area contributed by atoms with E-state index in [2.05, 4.69) is 10.3 Å². The van der Waals surface area contributed by atoms with Crippen LogP contribution in [0.15, 0.2) is 58.5 Å². The molecular formula is C20H21N3O2S. The van der Waals surface area contributed by atoms with E-state index in [0.717, 1.165) is 11.3 Å². The van der Waals surface area contributed by atoms with Crippen molar-refractivity contribution in [3.8, 4) is 0 Å². The Balaban J connectivity index is 1.85. The second-order valence-corrected chi connectivity index (χ2v) is 7.39. The van der Waals surface area contributed by atoms with Gasteiger partial charge in [-0.15, -0.1) is 0 Å². The smallest absolute Gasteiger partial charge is 0.262 e. The van der Waals surface area contributed by atoms with Crippen LogP contribution < -0.4 is 10.9 Å². The third kappa shape index (κ3) is 3.80. The van der Waals surface area contributed by atoms with Crippen molar-refractivity contribution in [3.63, 3.8) is 0 Å². The molecule has 0 fully saturated rings. The number of benzene rings is 2. The molecule has 2 aromatic carbocycles. The zero-order chi connectivity index (χ0) is 18.7. The zero-order valence-corrected chi connectivity index (χ0v) is 15.8. The summed E-state index contributed by atoms with van der Waals surface area (Å²) in [7, 11) is 0. The summed E-state index contributed by atoms with van der Waals surface area (Å²) < 4.78 is 1.61. The van der Waals surface area contributed by atoms with Gasteiger partial charge in [0.1, 0.15) is 0 Å². The molecule has 3 aromatic rings. The molecule has 0 unspecified atom stereocenters. The van der Waals surface area contributed by atoms with Gasteiger partial charge >= 0.3 is 0 Å². The quantitative estimate of drug-likeness (QED) is 0.550. The van der Waals surface area contributed by atoms with Gasteiger partial charge in [-0.25, -0.2) is 4.98 Å². The van der Waals surface area contributed by atoms with Gasteiger partial charge in [0.05, 0.1) is 16.2 Å². The maximum atomic E-state index is 12.7. The summed E-state index contributed by atoms with van der Waals surface area (Å²) in [5.74, 6) is -0.120. The van der Waals surface area contributed by atoms with E-state index < -0.39 is 0 Å². The molecule has 1 aromatic heterocycles. The highest BCUT2D eigenvalue weighted by Crippen LogP contribution is 2.23. The van der Waals surface area contributed by atoms with Crippen LogP contribution in [0.5, 0.6) is 0 Å². The number of rotatable bonds is 5. The van der Waals surface area contributed by atoms with Crippen molar-refractivity contribution >= 4 is 34.3 Å². The summed E-state index contributed by atoms with van der Waals surface area (Å²) in [5, 5.41) is 3.68. The number of amides is 1. The minimum Gasteiger partial charge on any atom is -0.325 e. The molecule has 0 radical (unpaired) electrons. The minimum absolute atomic E-state index is 0.0770. The number of aryl methyl sites for hydroxylation is 1. The van der Waals surface area contributed by atoms with E-state index in [-0.39, 0.29) is 16.7 Å². The lowest BCUT2D eigenvalue weighted by atomic mass is 10.2. The first-order chi connectivity index (χ1) is 12.5. The number of carbonyl (C=O) groups excluding carboxylic acids is 1. The summed E-state index contributed by atoms with van der Waals surface area (Å²) in [5.41, 5.74) is 2.42. The van der Waals surface area contributed by atoms with Crippen molar-refractivity contribution < 1.29 is 4.79 Å². The van der Waals surface area contributed by atoms with Gasteiger partial charge in [-0.2, -0.15) is 0 Å². The molecular weight excluding hydrogens is 346 g/mol. The standard InChI is InChI=1S/C20H21N3O2S/c1-4-23-19(25)16-10-5-6-11-17(16)22-20(23)26-14(3)18(24)21-15-9-7-8-13(2)12-15/h5-12,14H,4H2,1-3H3,(H,21,24)/t14-/m0/s1. The van der Waals surface area contributed by atoms with E-state index in [1.54, 1.807) is 10.6 Å². The van der Waals surface area contributed by atoms with Crippen molar-refractivity contribution in [3.05, 3.63) is 64.4 Å². The normalized spacial score (nSPS) is 12.1. The number of fused-ring (bicyclic) bond motifs is 1. The van der Waals surface area contributed by atoms with E-state index in [0.29, 0.717) is 22.6 Å². The number of nitrogens with zero attached hydrogens (tertiary/aromatic N) is 2. The zero-order valence-electron chi connectivity index (χ0n) is 15.0. The predicted molar refractivity (Wildman–Crippen MR) is 107 cm³/mol. The number of hydrogen-bond acceptors (Lipinski definition) is 4. The lowest BCUT2D eigenvalue weighted by Gasteiger charge is -2.15. The predicted octanol–water partition coefficient (Wildman–Crippen LogP) is 3.84. The van der Waals surface area contributed by atoms with Crippen molar-refractivity contribution in [2.45, 2.75) is 37.7 Å². The Kier molecular flexibility index (Phi) is 5.42. The van der Waals surface area contributed by atoms with Gasteiger partial charge < -0.3 is 5.32 Å². The van der Waals surface area contributed by atoms with Crippen molar-refractivity contribution in [2.24, 2.45) is 0 Å². The van der Waals surface area contributed by atoms with Crippen LogP contribution in [0.2, 0.25) is 0 Å². The molecule has 0 saturated carbocycles. The van der Waals surface area contributed by atoms with E-state index in [1.165, 1.54) is 11.8 Å². The van der Waals surface area contributed by atoms with Crippen molar-refractivity contribution in [1.29, 1.82) is 0 Å². The van der Waals surface area contributed by atoms with Crippen LogP contribution >= 0.6 is 11.8 Å². The van der Waals surface area contributed by atoms with Gasteiger partial charge in [0.15, 0.2) is 5.16 Å². The number of para-hydroxylation sites is 1. The Morgan fingerprint density at radius 1 is 1.23 bits per heavy atom. The lowest BCUT2D eigenvalue weighted by molar-refractivity contribution is -0.115. The number of nitrogens with one attached hydrogen (secondary N) is 1.